The second-order valence-electron chi connectivity index (χ2n) is 4.21. The van der Waals surface area contributed by atoms with Crippen LogP contribution in [0.2, 0.25) is 5.02 Å². The lowest BCUT2D eigenvalue weighted by atomic mass is 10.2. The molecule has 104 valence electrons. The quantitative estimate of drug-likeness (QED) is 0.883. The van der Waals surface area contributed by atoms with E-state index < -0.39 is 11.9 Å². The number of amides is 2. The fourth-order valence-corrected chi connectivity index (χ4v) is 1.71. The number of halogens is 1. The van der Waals surface area contributed by atoms with Crippen molar-refractivity contribution in [1.29, 1.82) is 0 Å². The van der Waals surface area contributed by atoms with Crippen molar-refractivity contribution in [2.24, 2.45) is 0 Å². The third-order valence-corrected chi connectivity index (χ3v) is 3.09. The summed E-state index contributed by atoms with van der Waals surface area (Å²) in [6.45, 7) is 4.01. The van der Waals surface area contributed by atoms with Gasteiger partial charge in [-0.25, -0.2) is 0 Å². The average Bonchev–Trinajstić information content (AvgIpc) is 2.39. The van der Waals surface area contributed by atoms with Crippen LogP contribution in [-0.2, 0) is 4.79 Å². The van der Waals surface area contributed by atoms with Crippen molar-refractivity contribution in [3.05, 3.63) is 28.8 Å². The maximum absolute atomic E-state index is 12.0. The zero-order valence-corrected chi connectivity index (χ0v) is 11.9. The molecule has 0 radical (unpaired) electrons. The van der Waals surface area contributed by atoms with E-state index in [9.17, 15) is 14.7 Å². The van der Waals surface area contributed by atoms with E-state index in [2.05, 4.69) is 5.32 Å². The first-order valence-electron chi connectivity index (χ1n) is 5.91. The number of hydrogen-bond donors (Lipinski definition) is 2. The summed E-state index contributed by atoms with van der Waals surface area (Å²) in [5.74, 6) is -0.738. The standard InChI is InChI=1S/C13H17ClN2O3/c1-4-16(3)13(19)8(2)15-12(18)10-7-9(17)5-6-11(10)14/h5-8,17H,4H2,1-3H3,(H,15,18). The number of phenols is 1. The highest BCUT2D eigenvalue weighted by Gasteiger charge is 2.20. The monoisotopic (exact) mass is 284 g/mol. The largest absolute Gasteiger partial charge is 0.508 e. The van der Waals surface area contributed by atoms with Crippen molar-refractivity contribution in [2.45, 2.75) is 19.9 Å². The van der Waals surface area contributed by atoms with Crippen LogP contribution >= 0.6 is 11.6 Å². The summed E-state index contributed by atoms with van der Waals surface area (Å²) in [5, 5.41) is 12.1. The molecule has 1 atom stereocenters. The Morgan fingerprint density at radius 2 is 2.11 bits per heavy atom. The molecule has 0 bridgehead atoms. The number of carbonyl (C=O) groups excluding carboxylic acids is 2. The molecule has 1 aromatic rings. The molecule has 6 heteroatoms. The van der Waals surface area contributed by atoms with E-state index in [1.165, 1.54) is 23.1 Å². The number of nitrogens with zero attached hydrogens (tertiary/aromatic N) is 1. The number of hydrogen-bond acceptors (Lipinski definition) is 3. The second-order valence-corrected chi connectivity index (χ2v) is 4.62. The van der Waals surface area contributed by atoms with Gasteiger partial charge in [-0.05, 0) is 32.0 Å². The van der Waals surface area contributed by atoms with Crippen LogP contribution in [0, 0.1) is 0 Å². The van der Waals surface area contributed by atoms with Crippen LogP contribution in [0.4, 0.5) is 0 Å². The molecule has 1 unspecified atom stereocenters. The molecule has 19 heavy (non-hydrogen) atoms. The molecule has 2 amide bonds. The second kappa shape index (κ2) is 6.43. The number of nitrogens with one attached hydrogen (secondary N) is 1. The lowest BCUT2D eigenvalue weighted by molar-refractivity contribution is -0.131. The minimum absolute atomic E-state index is 0.0563. The molecule has 0 aliphatic heterocycles. The normalized spacial score (nSPS) is 11.8. The number of phenolic OH excluding ortho intramolecular Hbond substituents is 1. The Labute approximate surface area is 117 Å². The summed E-state index contributed by atoms with van der Waals surface area (Å²) >= 11 is 5.88. The first kappa shape index (κ1) is 15.3. The van der Waals surface area contributed by atoms with E-state index in [1.54, 1.807) is 14.0 Å². The van der Waals surface area contributed by atoms with E-state index in [0.29, 0.717) is 6.54 Å². The molecule has 0 heterocycles. The summed E-state index contributed by atoms with van der Waals surface area (Å²) in [6, 6.07) is 3.42. The van der Waals surface area contributed by atoms with E-state index in [0.717, 1.165) is 0 Å². The van der Waals surface area contributed by atoms with Gasteiger partial charge in [0.2, 0.25) is 5.91 Å². The van der Waals surface area contributed by atoms with Crippen LogP contribution in [-0.4, -0.2) is 41.5 Å². The van der Waals surface area contributed by atoms with E-state index in [1.807, 2.05) is 6.92 Å². The Bertz CT molecular complexity index is 491. The highest BCUT2D eigenvalue weighted by atomic mass is 35.5. The predicted molar refractivity (Wildman–Crippen MR) is 73.4 cm³/mol. The number of carbonyl (C=O) groups is 2. The molecule has 1 aromatic carbocycles. The minimum atomic E-state index is -0.657. The molecule has 2 N–H and O–H groups in total. The number of rotatable bonds is 4. The maximum Gasteiger partial charge on any atom is 0.253 e. The predicted octanol–water partition coefficient (Wildman–Crippen LogP) is 1.64. The number of likely N-dealkylation sites (N-methyl/N-ethyl adjacent to an activating group) is 1. The molecule has 0 spiro atoms. The van der Waals surface area contributed by atoms with E-state index in [4.69, 9.17) is 11.6 Å². The highest BCUT2D eigenvalue weighted by Crippen LogP contribution is 2.21. The first-order valence-corrected chi connectivity index (χ1v) is 6.29. The van der Waals surface area contributed by atoms with Crippen molar-refractivity contribution in [1.82, 2.24) is 10.2 Å². The van der Waals surface area contributed by atoms with Crippen LogP contribution in [0.5, 0.6) is 5.75 Å². The van der Waals surface area contributed by atoms with Gasteiger partial charge in [0, 0.05) is 13.6 Å². The maximum atomic E-state index is 12.0. The highest BCUT2D eigenvalue weighted by molar-refractivity contribution is 6.33. The average molecular weight is 285 g/mol. The van der Waals surface area contributed by atoms with Crippen LogP contribution in [0.1, 0.15) is 24.2 Å². The summed E-state index contributed by atoms with van der Waals surface area (Å²) in [5.41, 5.74) is 0.139. The Hall–Kier alpha value is -1.75. The smallest absolute Gasteiger partial charge is 0.253 e. The molecule has 0 saturated heterocycles. The fourth-order valence-electron chi connectivity index (χ4n) is 1.51. The summed E-state index contributed by atoms with van der Waals surface area (Å²) < 4.78 is 0. The zero-order chi connectivity index (χ0) is 14.6. The van der Waals surface area contributed by atoms with Gasteiger partial charge in [-0.1, -0.05) is 11.6 Å². The summed E-state index contributed by atoms with van der Waals surface area (Å²) in [4.78, 5) is 25.3. The lowest BCUT2D eigenvalue weighted by Crippen LogP contribution is -2.45. The van der Waals surface area contributed by atoms with Crippen LogP contribution in [0.3, 0.4) is 0 Å². The van der Waals surface area contributed by atoms with Gasteiger partial charge in [0.1, 0.15) is 11.8 Å². The van der Waals surface area contributed by atoms with Gasteiger partial charge in [0.25, 0.3) is 5.91 Å². The molecular weight excluding hydrogens is 268 g/mol. The lowest BCUT2D eigenvalue weighted by Gasteiger charge is -2.20. The molecule has 5 nitrogen and oxygen atoms in total. The molecule has 0 aliphatic carbocycles. The van der Waals surface area contributed by atoms with E-state index >= 15 is 0 Å². The van der Waals surface area contributed by atoms with Crippen molar-refractivity contribution in [3.63, 3.8) is 0 Å². The van der Waals surface area contributed by atoms with Gasteiger partial charge in [-0.15, -0.1) is 0 Å². The van der Waals surface area contributed by atoms with Crippen LogP contribution in [0.15, 0.2) is 18.2 Å². The van der Waals surface area contributed by atoms with Gasteiger partial charge < -0.3 is 15.3 Å². The van der Waals surface area contributed by atoms with Crippen molar-refractivity contribution < 1.29 is 14.7 Å². The molecule has 0 aliphatic rings. The Morgan fingerprint density at radius 1 is 1.47 bits per heavy atom. The summed E-state index contributed by atoms with van der Waals surface area (Å²) in [7, 11) is 1.66. The zero-order valence-electron chi connectivity index (χ0n) is 11.1. The van der Waals surface area contributed by atoms with Crippen molar-refractivity contribution >= 4 is 23.4 Å². The van der Waals surface area contributed by atoms with Gasteiger partial charge in [0.05, 0.1) is 10.6 Å². The van der Waals surface area contributed by atoms with Gasteiger partial charge in [-0.2, -0.15) is 0 Å². The first-order chi connectivity index (χ1) is 8.86. The third kappa shape index (κ3) is 3.86. The topological polar surface area (TPSA) is 69.6 Å². The summed E-state index contributed by atoms with van der Waals surface area (Å²) in [6.07, 6.45) is 0. The van der Waals surface area contributed by atoms with E-state index in [-0.39, 0.29) is 22.2 Å². The number of benzene rings is 1. The molecule has 0 fully saturated rings. The van der Waals surface area contributed by atoms with Crippen LogP contribution < -0.4 is 5.32 Å². The van der Waals surface area contributed by atoms with Gasteiger partial charge in [-0.3, -0.25) is 9.59 Å². The van der Waals surface area contributed by atoms with Crippen molar-refractivity contribution in [3.8, 4) is 5.75 Å². The molecule has 0 saturated carbocycles. The molecular formula is C13H17ClN2O3. The third-order valence-electron chi connectivity index (χ3n) is 2.76. The Balaban J connectivity index is 2.80. The van der Waals surface area contributed by atoms with Crippen molar-refractivity contribution in [2.75, 3.05) is 13.6 Å². The van der Waals surface area contributed by atoms with Gasteiger partial charge in [0.15, 0.2) is 0 Å². The number of aromatic hydroxyl groups is 1. The fraction of sp³-hybridized carbons (Fsp3) is 0.385. The Morgan fingerprint density at radius 3 is 2.68 bits per heavy atom. The van der Waals surface area contributed by atoms with Crippen LogP contribution in [0.25, 0.3) is 0 Å². The minimum Gasteiger partial charge on any atom is -0.508 e. The van der Waals surface area contributed by atoms with Gasteiger partial charge >= 0.3 is 0 Å². The molecule has 1 rings (SSSR count). The Kier molecular flexibility index (Phi) is 5.18. The SMILES string of the molecule is CCN(C)C(=O)C(C)NC(=O)c1cc(O)ccc1Cl. The molecule has 0 aromatic heterocycles.